The number of nitrogens with two attached hydrogens (primary N) is 1. The van der Waals surface area contributed by atoms with Crippen molar-refractivity contribution in [3.63, 3.8) is 0 Å². The molecule has 0 spiro atoms. The van der Waals surface area contributed by atoms with Crippen molar-refractivity contribution in [1.29, 1.82) is 0 Å². The molecule has 2 heterocycles. The van der Waals surface area contributed by atoms with Crippen LogP contribution in [0.5, 0.6) is 0 Å². The average Bonchev–Trinajstić information content (AvgIpc) is 2.93. The third kappa shape index (κ3) is 2.06. The van der Waals surface area contributed by atoms with Crippen molar-refractivity contribution in [2.45, 2.75) is 4.90 Å². The van der Waals surface area contributed by atoms with Crippen molar-refractivity contribution < 1.29 is 9.00 Å². The van der Waals surface area contributed by atoms with E-state index in [1.54, 1.807) is 5.23 Å². The molecule has 3 rings (SSSR count). The zero-order valence-electron chi connectivity index (χ0n) is 10.4. The van der Waals surface area contributed by atoms with Gasteiger partial charge in [-0.3, -0.25) is 0 Å². The monoisotopic (exact) mass is 321 g/mol. The fourth-order valence-corrected chi connectivity index (χ4v) is 3.43. The molecule has 3 aromatic rings. The number of rotatable bonds is 2. The minimum absolute atomic E-state index is 0.141. The van der Waals surface area contributed by atoms with Crippen LogP contribution in [0.4, 0.5) is 5.82 Å². The standard InChI is InChI=1S/C12H8ClN5O2S/c13-8-1-3-9(4-2-8)21(20,7-19)18-6-17-10-11(14)15-5-16-12(10)18/h1-6H,(H2,14,15,16). The summed E-state index contributed by atoms with van der Waals surface area (Å²) in [6.07, 6.45) is 2.44. The normalized spacial score (nSPS) is 13.8. The molecule has 2 N–H and O–H groups in total. The van der Waals surface area contributed by atoms with Gasteiger partial charge in [0.05, 0.1) is 4.90 Å². The molecule has 0 saturated carbocycles. The van der Waals surface area contributed by atoms with Gasteiger partial charge in [0, 0.05) is 5.02 Å². The maximum atomic E-state index is 13.0. The van der Waals surface area contributed by atoms with Gasteiger partial charge in [-0.25, -0.2) is 27.9 Å². The summed E-state index contributed by atoms with van der Waals surface area (Å²) in [5, 5.41) is 2.05. The van der Waals surface area contributed by atoms with Crippen LogP contribution in [0.25, 0.3) is 11.2 Å². The lowest BCUT2D eigenvalue weighted by atomic mass is 10.4. The number of benzene rings is 1. The maximum Gasteiger partial charge on any atom is 0.211 e. The van der Waals surface area contributed by atoms with Gasteiger partial charge >= 0.3 is 0 Å². The SMILES string of the molecule is Nc1ncnc2c1ncn2S(=O)(=C=O)c1ccc(Cl)cc1. The quantitative estimate of drug-likeness (QED) is 0.712. The molecule has 2 aromatic heterocycles. The zero-order chi connectivity index (χ0) is 15.0. The smallest absolute Gasteiger partial charge is 0.211 e. The Labute approximate surface area is 124 Å². The van der Waals surface area contributed by atoms with Gasteiger partial charge < -0.3 is 5.73 Å². The molecular weight excluding hydrogens is 314 g/mol. The molecule has 0 aliphatic heterocycles. The van der Waals surface area contributed by atoms with Gasteiger partial charge in [-0.1, -0.05) is 11.6 Å². The van der Waals surface area contributed by atoms with Gasteiger partial charge in [0.25, 0.3) is 0 Å². The second kappa shape index (κ2) is 4.85. The first-order valence-electron chi connectivity index (χ1n) is 5.69. The number of nitrogen functional groups attached to an aromatic ring is 1. The number of anilines is 1. The Bertz CT molecular complexity index is 969. The molecule has 106 valence electrons. The Hall–Kier alpha value is -2.41. The van der Waals surface area contributed by atoms with Crippen LogP contribution in [-0.2, 0) is 14.5 Å². The third-order valence-electron chi connectivity index (χ3n) is 2.85. The molecule has 7 nitrogen and oxygen atoms in total. The summed E-state index contributed by atoms with van der Waals surface area (Å²) in [5.74, 6) is 0.141. The van der Waals surface area contributed by atoms with Crippen molar-refractivity contribution in [2.24, 2.45) is 0 Å². The number of halogens is 1. The van der Waals surface area contributed by atoms with Gasteiger partial charge in [0.1, 0.15) is 12.7 Å². The van der Waals surface area contributed by atoms with E-state index in [-0.39, 0.29) is 21.9 Å². The Kier molecular flexibility index (Phi) is 3.13. The highest BCUT2D eigenvalue weighted by molar-refractivity contribution is 7.99. The molecule has 0 aliphatic rings. The number of imidazole rings is 1. The lowest BCUT2D eigenvalue weighted by molar-refractivity contribution is 0.569. The number of nitrogens with zero attached hydrogens (tertiary/aromatic N) is 4. The highest BCUT2D eigenvalue weighted by Gasteiger charge is 2.19. The van der Waals surface area contributed by atoms with Gasteiger partial charge in [-0.15, -0.1) is 0 Å². The van der Waals surface area contributed by atoms with Gasteiger partial charge in [-0.05, 0) is 24.3 Å². The Morgan fingerprint density at radius 1 is 1.19 bits per heavy atom. The summed E-state index contributed by atoms with van der Waals surface area (Å²) in [6.45, 7) is 0. The van der Waals surface area contributed by atoms with E-state index >= 15 is 0 Å². The Balaban J connectivity index is 2.33. The van der Waals surface area contributed by atoms with Crippen molar-refractivity contribution in [1.82, 2.24) is 18.9 Å². The summed E-state index contributed by atoms with van der Waals surface area (Å²) in [4.78, 5) is 23.4. The fraction of sp³-hybridized carbons (Fsp3) is 0. The van der Waals surface area contributed by atoms with Crippen LogP contribution in [-0.4, -0.2) is 28.4 Å². The zero-order valence-corrected chi connectivity index (χ0v) is 12.0. The number of aromatic nitrogens is 4. The molecule has 21 heavy (non-hydrogen) atoms. The molecule has 0 radical (unpaired) electrons. The average molecular weight is 322 g/mol. The summed E-state index contributed by atoms with van der Waals surface area (Å²) < 4.78 is 14.2. The van der Waals surface area contributed by atoms with Crippen molar-refractivity contribution in [2.75, 3.05) is 5.73 Å². The highest BCUT2D eigenvalue weighted by atomic mass is 35.5. The van der Waals surface area contributed by atoms with E-state index in [0.29, 0.717) is 5.02 Å². The molecule has 1 unspecified atom stereocenters. The van der Waals surface area contributed by atoms with E-state index in [1.165, 1.54) is 36.9 Å². The minimum atomic E-state index is -3.36. The summed E-state index contributed by atoms with van der Waals surface area (Å²) in [5.41, 5.74) is 6.15. The molecule has 0 fully saturated rings. The van der Waals surface area contributed by atoms with Crippen molar-refractivity contribution >= 4 is 43.5 Å². The van der Waals surface area contributed by atoms with E-state index in [4.69, 9.17) is 17.3 Å². The van der Waals surface area contributed by atoms with E-state index in [0.717, 1.165) is 3.97 Å². The van der Waals surface area contributed by atoms with Crippen LogP contribution in [0.2, 0.25) is 5.02 Å². The second-order valence-corrected chi connectivity index (χ2v) is 6.58. The first-order chi connectivity index (χ1) is 10.1. The molecule has 0 bridgehead atoms. The summed E-state index contributed by atoms with van der Waals surface area (Å²) in [6, 6.07) is 6.06. The van der Waals surface area contributed by atoms with Crippen LogP contribution in [0.1, 0.15) is 0 Å². The maximum absolute atomic E-state index is 13.0. The van der Waals surface area contributed by atoms with Gasteiger partial charge in [-0.2, -0.15) is 0 Å². The largest absolute Gasteiger partial charge is 0.382 e. The van der Waals surface area contributed by atoms with Crippen LogP contribution < -0.4 is 5.73 Å². The topological polar surface area (TPSA) is 104 Å². The highest BCUT2D eigenvalue weighted by Crippen LogP contribution is 2.22. The second-order valence-electron chi connectivity index (χ2n) is 4.06. The molecule has 9 heteroatoms. The van der Waals surface area contributed by atoms with Crippen LogP contribution >= 0.6 is 11.6 Å². The summed E-state index contributed by atoms with van der Waals surface area (Å²) in [7, 11) is -3.36. The summed E-state index contributed by atoms with van der Waals surface area (Å²) >= 11 is 5.80. The predicted molar refractivity (Wildman–Crippen MR) is 78.7 cm³/mol. The molecule has 0 aliphatic carbocycles. The first kappa shape index (κ1) is 13.6. The van der Waals surface area contributed by atoms with E-state index in [1.807, 2.05) is 0 Å². The fourth-order valence-electron chi connectivity index (χ4n) is 1.84. The van der Waals surface area contributed by atoms with Crippen LogP contribution in [0.3, 0.4) is 0 Å². The Morgan fingerprint density at radius 3 is 2.57 bits per heavy atom. The number of hydrogen-bond donors (Lipinski definition) is 1. The Morgan fingerprint density at radius 2 is 1.90 bits per heavy atom. The van der Waals surface area contributed by atoms with Gasteiger partial charge in [0.15, 0.2) is 26.7 Å². The molecule has 1 atom stereocenters. The lowest BCUT2D eigenvalue weighted by Crippen LogP contribution is -2.13. The lowest BCUT2D eigenvalue weighted by Gasteiger charge is -2.08. The predicted octanol–water partition coefficient (Wildman–Crippen LogP) is 1.24. The molecular formula is C12H8ClN5O2S. The molecule has 0 amide bonds. The van der Waals surface area contributed by atoms with Crippen molar-refractivity contribution in [3.05, 3.63) is 41.9 Å². The van der Waals surface area contributed by atoms with Crippen molar-refractivity contribution in [3.8, 4) is 0 Å². The van der Waals surface area contributed by atoms with Crippen LogP contribution in [0, 0.1) is 0 Å². The number of hydrogen-bond acceptors (Lipinski definition) is 6. The van der Waals surface area contributed by atoms with Gasteiger partial charge in [0.2, 0.25) is 5.23 Å². The van der Waals surface area contributed by atoms with E-state index < -0.39 is 9.71 Å². The molecule has 0 saturated heterocycles. The number of fused-ring (bicyclic) bond motifs is 1. The van der Waals surface area contributed by atoms with E-state index in [2.05, 4.69) is 15.0 Å². The molecule has 1 aromatic carbocycles. The number of carbonyl (C=O) groups excluding carboxylic acids is 1. The minimum Gasteiger partial charge on any atom is -0.382 e. The third-order valence-corrected chi connectivity index (χ3v) is 5.07. The first-order valence-corrected chi connectivity index (χ1v) is 7.58. The van der Waals surface area contributed by atoms with E-state index in [9.17, 15) is 9.00 Å². The van der Waals surface area contributed by atoms with Crippen LogP contribution in [0.15, 0.2) is 41.8 Å².